The minimum Gasteiger partial charge on any atom is -0.492 e. The molecule has 0 spiro atoms. The number of nitrogens with two attached hydrogens (primary N) is 1. The fourth-order valence-corrected chi connectivity index (χ4v) is 4.80. The number of nitrogens with zero attached hydrogens (tertiary/aromatic N) is 1. The van der Waals surface area contributed by atoms with Crippen LogP contribution in [0.4, 0.5) is 0 Å². The maximum Gasteiger partial charge on any atom is 0.137 e. The van der Waals surface area contributed by atoms with Gasteiger partial charge in [-0.2, -0.15) is 11.8 Å². The summed E-state index contributed by atoms with van der Waals surface area (Å²) in [4.78, 5) is 7.00. The van der Waals surface area contributed by atoms with Crippen molar-refractivity contribution in [2.45, 2.75) is 31.6 Å². The molecule has 1 aliphatic rings. The van der Waals surface area contributed by atoms with Crippen LogP contribution < -0.4 is 10.5 Å². The molecular formula is C16H20N2OS2. The number of hydrogen-bond donors (Lipinski definition) is 1. The molecule has 5 heteroatoms. The molecule has 3 rings (SSSR count). The van der Waals surface area contributed by atoms with Crippen molar-refractivity contribution >= 4 is 23.1 Å². The second-order valence-corrected chi connectivity index (χ2v) is 7.45. The Morgan fingerprint density at radius 1 is 1.38 bits per heavy atom. The van der Waals surface area contributed by atoms with E-state index >= 15 is 0 Å². The average molecular weight is 320 g/mol. The predicted octanol–water partition coefficient (Wildman–Crippen LogP) is 3.77. The second kappa shape index (κ2) is 6.81. The van der Waals surface area contributed by atoms with Gasteiger partial charge in [0.15, 0.2) is 0 Å². The number of aromatic nitrogens is 1. The third-order valence-corrected chi connectivity index (χ3v) is 5.85. The molecule has 3 nitrogen and oxygen atoms in total. The number of fused-ring (bicyclic) bond motifs is 1. The lowest BCUT2D eigenvalue weighted by atomic mass is 10.1. The van der Waals surface area contributed by atoms with Gasteiger partial charge in [-0.3, -0.25) is 4.98 Å². The number of thiophene rings is 1. The molecule has 1 aliphatic heterocycles. The monoisotopic (exact) mass is 320 g/mol. The zero-order valence-electron chi connectivity index (χ0n) is 12.2. The standard InChI is InChI=1S/C16H20N2OS2/c1-2-4-19-13-6-11(8-18-9-13)16(17)15-7-12-10-20-5-3-14(12)21-15/h6-9,16H,2-5,10,17H2,1H3. The first kappa shape index (κ1) is 14.9. The number of rotatable bonds is 5. The van der Waals surface area contributed by atoms with Crippen LogP contribution in [0.15, 0.2) is 24.5 Å². The smallest absolute Gasteiger partial charge is 0.137 e. The Kier molecular flexibility index (Phi) is 4.83. The highest BCUT2D eigenvalue weighted by Crippen LogP contribution is 2.35. The molecule has 21 heavy (non-hydrogen) atoms. The molecule has 0 amide bonds. The Balaban J connectivity index is 1.80. The maximum atomic E-state index is 6.43. The molecule has 0 saturated heterocycles. The average Bonchev–Trinajstić information content (AvgIpc) is 2.96. The van der Waals surface area contributed by atoms with Gasteiger partial charge in [0.1, 0.15) is 5.75 Å². The van der Waals surface area contributed by atoms with E-state index in [0.717, 1.165) is 23.5 Å². The van der Waals surface area contributed by atoms with Gasteiger partial charge in [0.05, 0.1) is 18.8 Å². The van der Waals surface area contributed by atoms with E-state index in [4.69, 9.17) is 10.5 Å². The Morgan fingerprint density at radius 3 is 3.10 bits per heavy atom. The van der Waals surface area contributed by atoms with Crippen molar-refractivity contribution in [1.82, 2.24) is 4.98 Å². The third kappa shape index (κ3) is 3.42. The normalized spacial score (nSPS) is 15.5. The van der Waals surface area contributed by atoms with Gasteiger partial charge in [-0.15, -0.1) is 11.3 Å². The Morgan fingerprint density at radius 2 is 2.29 bits per heavy atom. The van der Waals surface area contributed by atoms with E-state index in [2.05, 4.69) is 18.0 Å². The highest BCUT2D eigenvalue weighted by molar-refractivity contribution is 7.98. The first-order chi connectivity index (χ1) is 10.3. The molecule has 0 saturated carbocycles. The molecule has 2 N–H and O–H groups in total. The largest absolute Gasteiger partial charge is 0.492 e. The van der Waals surface area contributed by atoms with Crippen LogP contribution in [0, 0.1) is 0 Å². The van der Waals surface area contributed by atoms with E-state index in [1.54, 1.807) is 6.20 Å². The molecule has 2 aromatic heterocycles. The fourth-order valence-electron chi connectivity index (χ4n) is 2.39. The summed E-state index contributed by atoms with van der Waals surface area (Å²) in [5.41, 5.74) is 8.92. The van der Waals surface area contributed by atoms with Gasteiger partial charge in [-0.05, 0) is 41.9 Å². The van der Waals surface area contributed by atoms with E-state index in [1.165, 1.54) is 27.5 Å². The van der Waals surface area contributed by atoms with Crippen LogP contribution in [-0.2, 0) is 12.2 Å². The minimum absolute atomic E-state index is 0.108. The summed E-state index contributed by atoms with van der Waals surface area (Å²) >= 11 is 3.86. The lowest BCUT2D eigenvalue weighted by molar-refractivity contribution is 0.315. The number of ether oxygens (including phenoxy) is 1. The van der Waals surface area contributed by atoms with Crippen LogP contribution in [0.25, 0.3) is 0 Å². The van der Waals surface area contributed by atoms with E-state index in [0.29, 0.717) is 6.61 Å². The van der Waals surface area contributed by atoms with Crippen molar-refractivity contribution in [2.75, 3.05) is 12.4 Å². The van der Waals surface area contributed by atoms with Crippen molar-refractivity contribution in [1.29, 1.82) is 0 Å². The van der Waals surface area contributed by atoms with E-state index in [9.17, 15) is 0 Å². The van der Waals surface area contributed by atoms with Crippen LogP contribution in [0.1, 0.15) is 40.3 Å². The number of hydrogen-bond acceptors (Lipinski definition) is 5. The summed E-state index contributed by atoms with van der Waals surface area (Å²) in [5, 5.41) is 0. The van der Waals surface area contributed by atoms with Gasteiger partial charge in [-0.1, -0.05) is 6.92 Å². The molecule has 3 heterocycles. The van der Waals surface area contributed by atoms with Crippen LogP contribution in [0.2, 0.25) is 0 Å². The third-order valence-electron chi connectivity index (χ3n) is 3.52. The molecule has 0 bridgehead atoms. The topological polar surface area (TPSA) is 48.1 Å². The van der Waals surface area contributed by atoms with Gasteiger partial charge in [-0.25, -0.2) is 0 Å². The van der Waals surface area contributed by atoms with Gasteiger partial charge in [0.25, 0.3) is 0 Å². The van der Waals surface area contributed by atoms with Gasteiger partial charge >= 0.3 is 0 Å². The Hall–Kier alpha value is -1.04. The second-order valence-electron chi connectivity index (χ2n) is 5.18. The lowest BCUT2D eigenvalue weighted by Crippen LogP contribution is -2.11. The molecule has 2 aromatic rings. The number of thioether (sulfide) groups is 1. The number of pyridine rings is 1. The lowest BCUT2D eigenvalue weighted by Gasteiger charge is -2.11. The fraction of sp³-hybridized carbons (Fsp3) is 0.438. The predicted molar refractivity (Wildman–Crippen MR) is 90.2 cm³/mol. The van der Waals surface area contributed by atoms with Crippen molar-refractivity contribution in [3.8, 4) is 5.75 Å². The van der Waals surface area contributed by atoms with Crippen LogP contribution in [0.3, 0.4) is 0 Å². The quantitative estimate of drug-likeness (QED) is 0.911. The van der Waals surface area contributed by atoms with E-state index < -0.39 is 0 Å². The molecule has 112 valence electrons. The molecule has 0 aromatic carbocycles. The summed E-state index contributed by atoms with van der Waals surface area (Å²) < 4.78 is 5.65. The molecular weight excluding hydrogens is 300 g/mol. The van der Waals surface area contributed by atoms with Crippen LogP contribution in [0.5, 0.6) is 5.75 Å². The summed E-state index contributed by atoms with van der Waals surface area (Å²) in [6.07, 6.45) is 5.76. The van der Waals surface area contributed by atoms with Crippen molar-refractivity contribution in [3.05, 3.63) is 45.4 Å². The number of aryl methyl sites for hydroxylation is 1. The highest BCUT2D eigenvalue weighted by atomic mass is 32.2. The van der Waals surface area contributed by atoms with E-state index in [1.807, 2.05) is 35.4 Å². The maximum absolute atomic E-state index is 6.43. The SMILES string of the molecule is CCCOc1cncc(C(N)c2cc3c(s2)CCSC3)c1. The summed E-state index contributed by atoms with van der Waals surface area (Å²) in [5.74, 6) is 3.15. The molecule has 1 unspecified atom stereocenters. The van der Waals surface area contributed by atoms with Crippen molar-refractivity contribution in [2.24, 2.45) is 5.73 Å². The highest BCUT2D eigenvalue weighted by Gasteiger charge is 2.18. The van der Waals surface area contributed by atoms with Crippen molar-refractivity contribution < 1.29 is 4.74 Å². The zero-order chi connectivity index (χ0) is 14.7. The Labute approximate surface area is 133 Å². The molecule has 0 radical (unpaired) electrons. The molecule has 0 fully saturated rings. The van der Waals surface area contributed by atoms with Gasteiger partial charge in [0, 0.05) is 21.7 Å². The van der Waals surface area contributed by atoms with Gasteiger partial charge < -0.3 is 10.5 Å². The van der Waals surface area contributed by atoms with Crippen LogP contribution >= 0.6 is 23.1 Å². The van der Waals surface area contributed by atoms with E-state index in [-0.39, 0.29) is 6.04 Å². The van der Waals surface area contributed by atoms with Gasteiger partial charge in [0.2, 0.25) is 0 Å². The Bertz CT molecular complexity index is 589. The molecule has 1 atom stereocenters. The first-order valence-electron chi connectivity index (χ1n) is 7.30. The summed E-state index contributed by atoms with van der Waals surface area (Å²) in [7, 11) is 0. The summed E-state index contributed by atoms with van der Waals surface area (Å²) in [6.45, 7) is 2.81. The first-order valence-corrected chi connectivity index (χ1v) is 9.27. The zero-order valence-corrected chi connectivity index (χ0v) is 13.8. The van der Waals surface area contributed by atoms with Crippen LogP contribution in [-0.4, -0.2) is 17.3 Å². The van der Waals surface area contributed by atoms with Crippen molar-refractivity contribution in [3.63, 3.8) is 0 Å². The molecule has 0 aliphatic carbocycles. The summed E-state index contributed by atoms with van der Waals surface area (Å²) in [6, 6.07) is 4.18. The minimum atomic E-state index is -0.108.